The highest BCUT2D eigenvalue weighted by atomic mass is 16.3. The monoisotopic (exact) mass is 159 g/mol. The minimum atomic E-state index is 0.450. The van der Waals surface area contributed by atoms with E-state index in [-0.39, 0.29) is 0 Å². The molecule has 0 aliphatic carbocycles. The van der Waals surface area contributed by atoms with Gasteiger partial charge in [0.2, 0.25) is 0 Å². The van der Waals surface area contributed by atoms with Gasteiger partial charge in [-0.2, -0.15) is 5.26 Å². The lowest BCUT2D eigenvalue weighted by molar-refractivity contribution is 0.568. The molecule has 0 atom stereocenters. The molecule has 0 saturated heterocycles. The molecule has 2 aromatic rings. The van der Waals surface area contributed by atoms with E-state index in [2.05, 4.69) is 9.97 Å². The smallest absolute Gasteiger partial charge is 0.141 e. The lowest BCUT2D eigenvalue weighted by atomic mass is 10.3. The quantitative estimate of drug-likeness (QED) is 0.686. The average molecular weight is 159 g/mol. The molecule has 2 aromatic heterocycles. The Balaban J connectivity index is 2.44. The summed E-state index contributed by atoms with van der Waals surface area (Å²) in [5, 5.41) is 8.50. The highest BCUT2D eigenvalue weighted by Crippen LogP contribution is 2.14. The fraction of sp³-hybridized carbons (Fsp3) is 0. The molecule has 4 heteroatoms. The molecule has 0 aliphatic rings. The van der Waals surface area contributed by atoms with E-state index in [9.17, 15) is 0 Å². The van der Waals surface area contributed by atoms with E-state index >= 15 is 0 Å². The van der Waals surface area contributed by atoms with Crippen LogP contribution in [0.1, 0.15) is 5.69 Å². The second-order valence-electron chi connectivity index (χ2n) is 2.27. The van der Waals surface area contributed by atoms with Crippen LogP contribution in [0.3, 0.4) is 0 Å². The maximum atomic E-state index is 8.50. The normalized spacial score (nSPS) is 9.58. The Morgan fingerprint density at radius 1 is 1.58 bits per heavy atom. The summed E-state index contributed by atoms with van der Waals surface area (Å²) in [6.07, 6.45) is 4.62. The van der Waals surface area contributed by atoms with E-state index in [1.54, 1.807) is 18.6 Å². The van der Waals surface area contributed by atoms with Crippen molar-refractivity contribution in [2.45, 2.75) is 0 Å². The molecule has 0 amide bonds. The zero-order chi connectivity index (χ0) is 8.39. The highest BCUT2D eigenvalue weighted by Gasteiger charge is 2.02. The van der Waals surface area contributed by atoms with Crippen molar-refractivity contribution >= 4 is 0 Å². The average Bonchev–Trinajstić information content (AvgIpc) is 2.75. The zero-order valence-electron chi connectivity index (χ0n) is 6.11. The van der Waals surface area contributed by atoms with Crippen LogP contribution in [0.4, 0.5) is 0 Å². The molecule has 0 fully saturated rings. The van der Waals surface area contributed by atoms with E-state index in [1.165, 1.54) is 6.20 Å². The maximum absolute atomic E-state index is 8.50. The molecule has 58 valence electrons. The van der Waals surface area contributed by atoms with Crippen LogP contribution in [0, 0.1) is 11.3 Å². The first-order chi connectivity index (χ1) is 5.90. The number of nitrogens with zero attached hydrogens (tertiary/aromatic N) is 2. The summed E-state index contributed by atoms with van der Waals surface area (Å²) in [5.41, 5.74) is 1.29. The van der Waals surface area contributed by atoms with Crippen LogP contribution < -0.4 is 0 Å². The summed E-state index contributed by atoms with van der Waals surface area (Å²) in [6, 6.07) is 3.74. The molecule has 0 spiro atoms. The Hall–Kier alpha value is -2.02. The summed E-state index contributed by atoms with van der Waals surface area (Å²) in [7, 11) is 0. The molecule has 0 aromatic carbocycles. The third-order valence-corrected chi connectivity index (χ3v) is 1.49. The van der Waals surface area contributed by atoms with Gasteiger partial charge in [0.05, 0.1) is 18.0 Å². The van der Waals surface area contributed by atoms with Gasteiger partial charge in [0.15, 0.2) is 0 Å². The van der Waals surface area contributed by atoms with Crippen molar-refractivity contribution in [3.05, 3.63) is 30.5 Å². The van der Waals surface area contributed by atoms with Crippen LogP contribution in [-0.4, -0.2) is 9.97 Å². The summed E-state index contributed by atoms with van der Waals surface area (Å²) < 4.78 is 4.87. The molecule has 12 heavy (non-hydrogen) atoms. The SMILES string of the molecule is N#Cc1cnc(-c2ccoc2)[nH]1. The Morgan fingerprint density at radius 2 is 2.50 bits per heavy atom. The number of imidazole rings is 1. The number of furan rings is 1. The van der Waals surface area contributed by atoms with E-state index in [0.29, 0.717) is 11.5 Å². The van der Waals surface area contributed by atoms with E-state index in [4.69, 9.17) is 9.68 Å². The Morgan fingerprint density at radius 3 is 3.08 bits per heavy atom. The minimum Gasteiger partial charge on any atom is -0.472 e. The first-order valence-electron chi connectivity index (χ1n) is 3.38. The summed E-state index contributed by atoms with van der Waals surface area (Å²) in [6.45, 7) is 0. The first kappa shape index (κ1) is 6.68. The van der Waals surface area contributed by atoms with Crippen molar-refractivity contribution < 1.29 is 4.42 Å². The van der Waals surface area contributed by atoms with Gasteiger partial charge in [-0.15, -0.1) is 0 Å². The second kappa shape index (κ2) is 2.55. The lowest BCUT2D eigenvalue weighted by Gasteiger charge is -1.84. The van der Waals surface area contributed by atoms with Gasteiger partial charge in [0.1, 0.15) is 23.9 Å². The molecule has 0 unspecified atom stereocenters. The molecular weight excluding hydrogens is 154 g/mol. The predicted molar refractivity (Wildman–Crippen MR) is 41.0 cm³/mol. The van der Waals surface area contributed by atoms with Crippen molar-refractivity contribution in [2.75, 3.05) is 0 Å². The van der Waals surface area contributed by atoms with Crippen LogP contribution >= 0.6 is 0 Å². The molecule has 0 aliphatic heterocycles. The van der Waals surface area contributed by atoms with Crippen LogP contribution in [-0.2, 0) is 0 Å². The lowest BCUT2D eigenvalue weighted by Crippen LogP contribution is -1.75. The summed E-state index contributed by atoms with van der Waals surface area (Å²) >= 11 is 0. The molecular formula is C8H5N3O. The van der Waals surface area contributed by atoms with Gasteiger partial charge in [0, 0.05) is 0 Å². The molecule has 0 saturated carbocycles. The molecule has 0 bridgehead atoms. The molecule has 4 nitrogen and oxygen atoms in total. The van der Waals surface area contributed by atoms with Gasteiger partial charge < -0.3 is 9.40 Å². The van der Waals surface area contributed by atoms with Crippen molar-refractivity contribution in [1.82, 2.24) is 9.97 Å². The van der Waals surface area contributed by atoms with E-state index in [0.717, 1.165) is 5.56 Å². The number of nitriles is 1. The third kappa shape index (κ3) is 0.974. The first-order valence-corrected chi connectivity index (χ1v) is 3.38. The summed E-state index contributed by atoms with van der Waals surface area (Å²) in [4.78, 5) is 6.82. The zero-order valence-corrected chi connectivity index (χ0v) is 6.11. The van der Waals surface area contributed by atoms with Gasteiger partial charge in [-0.25, -0.2) is 4.98 Å². The van der Waals surface area contributed by atoms with Gasteiger partial charge >= 0.3 is 0 Å². The number of rotatable bonds is 1. The van der Waals surface area contributed by atoms with Crippen molar-refractivity contribution in [1.29, 1.82) is 5.26 Å². The minimum absolute atomic E-state index is 0.450. The topological polar surface area (TPSA) is 65.6 Å². The van der Waals surface area contributed by atoms with Gasteiger partial charge in [-0.1, -0.05) is 0 Å². The molecule has 2 rings (SSSR count). The van der Waals surface area contributed by atoms with Crippen LogP contribution in [0.15, 0.2) is 29.2 Å². The van der Waals surface area contributed by atoms with Crippen molar-refractivity contribution in [3.63, 3.8) is 0 Å². The highest BCUT2D eigenvalue weighted by molar-refractivity contribution is 5.53. The number of nitrogens with one attached hydrogen (secondary N) is 1. The number of hydrogen-bond acceptors (Lipinski definition) is 3. The van der Waals surface area contributed by atoms with Crippen molar-refractivity contribution in [3.8, 4) is 17.5 Å². The molecule has 0 radical (unpaired) electrons. The van der Waals surface area contributed by atoms with Gasteiger partial charge in [-0.05, 0) is 6.07 Å². The molecule has 2 heterocycles. The van der Waals surface area contributed by atoms with Crippen LogP contribution in [0.5, 0.6) is 0 Å². The summed E-state index contributed by atoms with van der Waals surface area (Å²) in [5.74, 6) is 0.653. The number of hydrogen-bond donors (Lipinski definition) is 1. The third-order valence-electron chi connectivity index (χ3n) is 1.49. The van der Waals surface area contributed by atoms with Crippen LogP contribution in [0.25, 0.3) is 11.4 Å². The number of aromatic amines is 1. The number of H-pyrrole nitrogens is 1. The Labute approximate surface area is 68.5 Å². The fourth-order valence-electron chi connectivity index (χ4n) is 0.924. The molecule has 1 N–H and O–H groups in total. The Kier molecular flexibility index (Phi) is 1.42. The largest absolute Gasteiger partial charge is 0.472 e. The number of aromatic nitrogens is 2. The maximum Gasteiger partial charge on any atom is 0.141 e. The standard InChI is InChI=1S/C8H5N3O/c9-3-7-4-10-8(11-7)6-1-2-12-5-6/h1-2,4-5H,(H,10,11). The predicted octanol–water partition coefficient (Wildman–Crippen LogP) is 1.54. The van der Waals surface area contributed by atoms with E-state index < -0.39 is 0 Å². The van der Waals surface area contributed by atoms with Gasteiger partial charge in [-0.3, -0.25) is 0 Å². The van der Waals surface area contributed by atoms with Crippen molar-refractivity contribution in [2.24, 2.45) is 0 Å². The van der Waals surface area contributed by atoms with Gasteiger partial charge in [0.25, 0.3) is 0 Å². The Bertz CT molecular complexity index is 408. The van der Waals surface area contributed by atoms with Crippen LogP contribution in [0.2, 0.25) is 0 Å². The second-order valence-corrected chi connectivity index (χ2v) is 2.27. The fourth-order valence-corrected chi connectivity index (χ4v) is 0.924. The van der Waals surface area contributed by atoms with E-state index in [1.807, 2.05) is 6.07 Å².